The fourth-order valence-electron chi connectivity index (χ4n) is 1.99. The molecule has 0 radical (unpaired) electrons. The summed E-state index contributed by atoms with van der Waals surface area (Å²) >= 11 is 3.57. The molecule has 0 aliphatic rings. The lowest BCUT2D eigenvalue weighted by atomic mass is 9.98. The van der Waals surface area contributed by atoms with Crippen LogP contribution in [0, 0.1) is 6.92 Å². The van der Waals surface area contributed by atoms with Crippen molar-refractivity contribution >= 4 is 21.7 Å². The van der Waals surface area contributed by atoms with Crippen LogP contribution in [0.15, 0.2) is 22.7 Å². The van der Waals surface area contributed by atoms with Crippen molar-refractivity contribution in [3.63, 3.8) is 0 Å². The molecule has 1 heterocycles. The van der Waals surface area contributed by atoms with Gasteiger partial charge in [-0.3, -0.25) is 5.10 Å². The molecule has 1 aromatic carbocycles. The number of nitrogens with one attached hydrogen (secondary N) is 1. The highest BCUT2D eigenvalue weighted by molar-refractivity contribution is 9.10. The molecule has 0 aliphatic carbocycles. The third kappa shape index (κ3) is 2.22. The van der Waals surface area contributed by atoms with Crippen molar-refractivity contribution in [2.45, 2.75) is 26.7 Å². The van der Waals surface area contributed by atoms with E-state index in [0.29, 0.717) is 11.7 Å². The van der Waals surface area contributed by atoms with E-state index < -0.39 is 0 Å². The zero-order valence-electron chi connectivity index (χ0n) is 10.2. The van der Waals surface area contributed by atoms with Gasteiger partial charge in [0.25, 0.3) is 0 Å². The summed E-state index contributed by atoms with van der Waals surface area (Å²) in [5.74, 6) is 0.930. The molecule has 1 aromatic heterocycles. The van der Waals surface area contributed by atoms with E-state index >= 15 is 0 Å². The van der Waals surface area contributed by atoms with Crippen molar-refractivity contribution in [3.8, 4) is 11.3 Å². The average molecular weight is 294 g/mol. The Morgan fingerprint density at radius 1 is 1.35 bits per heavy atom. The van der Waals surface area contributed by atoms with Gasteiger partial charge >= 0.3 is 0 Å². The first-order valence-electron chi connectivity index (χ1n) is 5.61. The Labute approximate surface area is 110 Å². The predicted molar refractivity (Wildman–Crippen MR) is 75.0 cm³/mol. The van der Waals surface area contributed by atoms with Crippen molar-refractivity contribution in [1.82, 2.24) is 10.2 Å². The lowest BCUT2D eigenvalue weighted by Crippen LogP contribution is -1.95. The second-order valence-corrected chi connectivity index (χ2v) is 5.39. The van der Waals surface area contributed by atoms with E-state index in [1.54, 1.807) is 0 Å². The van der Waals surface area contributed by atoms with Gasteiger partial charge in [0, 0.05) is 15.6 Å². The van der Waals surface area contributed by atoms with Crippen LogP contribution < -0.4 is 5.73 Å². The van der Waals surface area contributed by atoms with Crippen LogP contribution in [0.2, 0.25) is 0 Å². The summed E-state index contributed by atoms with van der Waals surface area (Å²) in [6.45, 7) is 6.31. The number of H-pyrrole nitrogens is 1. The lowest BCUT2D eigenvalue weighted by Gasteiger charge is -2.09. The third-order valence-corrected chi connectivity index (χ3v) is 3.49. The van der Waals surface area contributed by atoms with Gasteiger partial charge in [-0.15, -0.1) is 0 Å². The molecule has 3 nitrogen and oxygen atoms in total. The van der Waals surface area contributed by atoms with E-state index in [0.717, 1.165) is 21.3 Å². The van der Waals surface area contributed by atoms with Gasteiger partial charge in [0.1, 0.15) is 5.82 Å². The number of aromatic amines is 1. The number of aromatic nitrogens is 2. The molecule has 0 aliphatic heterocycles. The normalized spacial score (nSPS) is 11.1. The highest BCUT2D eigenvalue weighted by atomic mass is 79.9. The molecule has 2 rings (SSSR count). The maximum absolute atomic E-state index is 5.91. The Balaban J connectivity index is 2.64. The first-order chi connectivity index (χ1) is 8.00. The number of halogens is 1. The Morgan fingerprint density at radius 2 is 2.06 bits per heavy atom. The Morgan fingerprint density at radius 3 is 2.71 bits per heavy atom. The minimum absolute atomic E-state index is 0.344. The van der Waals surface area contributed by atoms with Crippen LogP contribution in [-0.4, -0.2) is 10.2 Å². The van der Waals surface area contributed by atoms with E-state index in [1.165, 1.54) is 5.56 Å². The molecular weight excluding hydrogens is 278 g/mol. The van der Waals surface area contributed by atoms with Crippen molar-refractivity contribution in [1.29, 1.82) is 0 Å². The number of benzene rings is 1. The third-order valence-electron chi connectivity index (χ3n) is 2.80. The minimum atomic E-state index is 0.344. The van der Waals surface area contributed by atoms with Crippen LogP contribution in [-0.2, 0) is 0 Å². The molecule has 3 N–H and O–H groups in total. The number of anilines is 1. The topological polar surface area (TPSA) is 54.7 Å². The first kappa shape index (κ1) is 12.2. The predicted octanol–water partition coefficient (Wildman–Crippen LogP) is 3.85. The number of nitrogen functional groups attached to an aromatic ring is 1. The highest BCUT2D eigenvalue weighted by Gasteiger charge is 2.17. The molecule has 0 saturated carbocycles. The van der Waals surface area contributed by atoms with Crippen LogP contribution in [0.4, 0.5) is 5.82 Å². The molecule has 0 atom stereocenters. The molecule has 4 heteroatoms. The quantitative estimate of drug-likeness (QED) is 0.883. The van der Waals surface area contributed by atoms with Crippen molar-refractivity contribution in [2.75, 3.05) is 5.73 Å². The Bertz CT molecular complexity index is 544. The van der Waals surface area contributed by atoms with Gasteiger partial charge in [-0.25, -0.2) is 0 Å². The van der Waals surface area contributed by atoms with Gasteiger partial charge in [-0.05, 0) is 25.0 Å². The first-order valence-corrected chi connectivity index (χ1v) is 6.40. The summed E-state index contributed by atoms with van der Waals surface area (Å²) in [6.07, 6.45) is 0. The minimum Gasteiger partial charge on any atom is -0.382 e. The standard InChI is InChI=1S/C13H16BrN3/c1-7(2)11-12(16-17-13(11)15)9-6-8(3)4-5-10(9)14/h4-7H,1-3H3,(H3,15,16,17). The molecule has 0 spiro atoms. The molecule has 0 unspecified atom stereocenters. The summed E-state index contributed by atoms with van der Waals surface area (Å²) in [6, 6.07) is 6.25. The van der Waals surface area contributed by atoms with Crippen LogP contribution >= 0.6 is 15.9 Å². The number of aryl methyl sites for hydroxylation is 1. The van der Waals surface area contributed by atoms with Gasteiger partial charge in [0.15, 0.2) is 0 Å². The lowest BCUT2D eigenvalue weighted by molar-refractivity contribution is 0.873. The zero-order chi connectivity index (χ0) is 12.6. The van der Waals surface area contributed by atoms with E-state index in [1.807, 2.05) is 6.07 Å². The fraction of sp³-hybridized carbons (Fsp3) is 0.308. The summed E-state index contributed by atoms with van der Waals surface area (Å²) in [5.41, 5.74) is 10.3. The summed E-state index contributed by atoms with van der Waals surface area (Å²) in [5, 5.41) is 7.15. The second-order valence-electron chi connectivity index (χ2n) is 4.54. The summed E-state index contributed by atoms with van der Waals surface area (Å²) in [4.78, 5) is 0. The van der Waals surface area contributed by atoms with Crippen LogP contribution in [0.1, 0.15) is 30.9 Å². The smallest absolute Gasteiger partial charge is 0.149 e. The number of hydrogen-bond acceptors (Lipinski definition) is 2. The van der Waals surface area contributed by atoms with Crippen molar-refractivity contribution in [3.05, 3.63) is 33.8 Å². The largest absolute Gasteiger partial charge is 0.382 e. The molecule has 2 aromatic rings. The number of rotatable bonds is 2. The number of nitrogens with two attached hydrogens (primary N) is 1. The molecule has 90 valence electrons. The van der Waals surface area contributed by atoms with Gasteiger partial charge in [0.05, 0.1) is 5.69 Å². The van der Waals surface area contributed by atoms with Crippen molar-refractivity contribution in [2.24, 2.45) is 0 Å². The van der Waals surface area contributed by atoms with E-state index in [9.17, 15) is 0 Å². The number of nitrogens with zero attached hydrogens (tertiary/aromatic N) is 1. The van der Waals surface area contributed by atoms with Crippen molar-refractivity contribution < 1.29 is 0 Å². The zero-order valence-corrected chi connectivity index (χ0v) is 11.8. The number of hydrogen-bond donors (Lipinski definition) is 2. The fourth-order valence-corrected chi connectivity index (χ4v) is 2.43. The van der Waals surface area contributed by atoms with Crippen LogP contribution in [0.3, 0.4) is 0 Å². The van der Waals surface area contributed by atoms with Gasteiger partial charge in [-0.1, -0.05) is 41.4 Å². The van der Waals surface area contributed by atoms with Gasteiger partial charge in [0.2, 0.25) is 0 Å². The second kappa shape index (κ2) is 4.53. The molecule has 0 amide bonds. The Kier molecular flexibility index (Phi) is 3.24. The molecule has 0 bridgehead atoms. The monoisotopic (exact) mass is 293 g/mol. The SMILES string of the molecule is Cc1ccc(Br)c(-c2[nH]nc(N)c2C(C)C)c1. The highest BCUT2D eigenvalue weighted by Crippen LogP contribution is 2.35. The van der Waals surface area contributed by atoms with Gasteiger partial charge in [-0.2, -0.15) is 5.10 Å². The summed E-state index contributed by atoms with van der Waals surface area (Å²) in [7, 11) is 0. The molecule has 0 fully saturated rings. The maximum Gasteiger partial charge on any atom is 0.149 e. The van der Waals surface area contributed by atoms with E-state index in [2.05, 4.69) is 59.0 Å². The molecule has 0 saturated heterocycles. The molecule has 17 heavy (non-hydrogen) atoms. The van der Waals surface area contributed by atoms with Gasteiger partial charge < -0.3 is 5.73 Å². The van der Waals surface area contributed by atoms with E-state index in [-0.39, 0.29) is 0 Å². The summed E-state index contributed by atoms with van der Waals surface area (Å²) < 4.78 is 1.05. The van der Waals surface area contributed by atoms with Crippen LogP contribution in [0.25, 0.3) is 11.3 Å². The molecular formula is C13H16BrN3. The Hall–Kier alpha value is -1.29. The average Bonchev–Trinajstić information content (AvgIpc) is 2.64. The maximum atomic E-state index is 5.91. The van der Waals surface area contributed by atoms with E-state index in [4.69, 9.17) is 5.73 Å². The van der Waals surface area contributed by atoms with Crippen LogP contribution in [0.5, 0.6) is 0 Å².